The molecule has 0 spiro atoms. The molecule has 3 aliphatic rings. The standard InChI is InChI=1S/C37H59N7O20/c1-13(30(52)43-19(9-10-23(48)49)33(55)44-20(35(58)59)8-6-7-18(38)32(54)40-14(2)34(56)57)39-31(53)15(3)61-29-25(42-17(5)47)36-60-12-22(63-36)28(29)64-37-24(41-16(4)46)27(51)26(50)21(11-45)62-37/h13-15,18-22,24-29,36-37,45,50-51H,6-12,38H2,1-5H3,(H,39,53)(H,40,54)(H,41,46)(H,42,47)(H,43,52)(H,44,55)(H,48,49)(H,56,57)(H,58,59)/t13?,14?,15?,18?,19?,20?,21-,22+,24-,25-,26-,27-,28-,29-,36-,37+/m1/s1. The first kappa shape index (κ1) is 53.2. The van der Waals surface area contributed by atoms with Gasteiger partial charge in [0.1, 0.15) is 79.0 Å². The van der Waals surface area contributed by atoms with Crippen LogP contribution in [0.15, 0.2) is 0 Å². The van der Waals surface area contributed by atoms with Crippen LogP contribution in [0.5, 0.6) is 0 Å². The maximum absolute atomic E-state index is 13.5. The number of aliphatic hydroxyl groups excluding tert-OH is 3. The highest BCUT2D eigenvalue weighted by Gasteiger charge is 2.56. The molecule has 6 amide bonds. The number of carboxylic acid groups (broad SMARTS) is 3. The molecular weight excluding hydrogens is 862 g/mol. The van der Waals surface area contributed by atoms with Gasteiger partial charge in [0, 0.05) is 20.3 Å². The molecule has 0 saturated carbocycles. The van der Waals surface area contributed by atoms with Crippen LogP contribution >= 0.6 is 0 Å². The maximum atomic E-state index is 13.5. The quantitative estimate of drug-likeness (QED) is 0.0428. The summed E-state index contributed by atoms with van der Waals surface area (Å²) >= 11 is 0. The van der Waals surface area contributed by atoms with Gasteiger partial charge in [-0.25, -0.2) is 4.79 Å². The summed E-state index contributed by atoms with van der Waals surface area (Å²) in [5, 5.41) is 73.3. The van der Waals surface area contributed by atoms with Crippen LogP contribution in [0.3, 0.4) is 0 Å². The number of carbonyl (C=O) groups is 9. The molecule has 3 rings (SSSR count). The molecule has 3 heterocycles. The monoisotopic (exact) mass is 921 g/mol. The van der Waals surface area contributed by atoms with Gasteiger partial charge in [-0.15, -0.1) is 0 Å². The Morgan fingerprint density at radius 1 is 0.703 bits per heavy atom. The number of amides is 6. The van der Waals surface area contributed by atoms with Gasteiger partial charge in [0.15, 0.2) is 12.6 Å². The predicted molar refractivity (Wildman–Crippen MR) is 210 cm³/mol. The minimum absolute atomic E-state index is 0.0349. The fourth-order valence-corrected chi connectivity index (χ4v) is 6.94. The first-order chi connectivity index (χ1) is 29.9. The zero-order valence-corrected chi connectivity index (χ0v) is 35.7. The normalized spacial score (nSPS) is 29.0. The van der Waals surface area contributed by atoms with E-state index in [1.165, 1.54) is 27.7 Å². The van der Waals surface area contributed by atoms with Gasteiger partial charge < -0.3 is 92.0 Å². The molecule has 0 aliphatic carbocycles. The van der Waals surface area contributed by atoms with E-state index in [1.807, 2.05) is 0 Å². The molecule has 3 aliphatic heterocycles. The van der Waals surface area contributed by atoms with E-state index in [-0.39, 0.29) is 25.9 Å². The van der Waals surface area contributed by atoms with E-state index in [0.717, 1.165) is 6.92 Å². The van der Waals surface area contributed by atoms with Crippen LogP contribution in [-0.4, -0.2) is 195 Å². The smallest absolute Gasteiger partial charge is 0.326 e. The van der Waals surface area contributed by atoms with Crippen molar-refractivity contribution < 1.29 is 97.5 Å². The van der Waals surface area contributed by atoms with E-state index >= 15 is 0 Å². The summed E-state index contributed by atoms with van der Waals surface area (Å²) in [5.41, 5.74) is 5.79. The van der Waals surface area contributed by atoms with Crippen LogP contribution in [0.2, 0.25) is 0 Å². The molecular formula is C37H59N7O20. The molecule has 3 fully saturated rings. The number of aliphatic carboxylic acids is 3. The van der Waals surface area contributed by atoms with Gasteiger partial charge >= 0.3 is 17.9 Å². The number of carbonyl (C=O) groups excluding carboxylic acids is 6. The summed E-state index contributed by atoms with van der Waals surface area (Å²) in [5.74, 6) is -9.19. The number of hydrogen-bond acceptors (Lipinski definition) is 18. The van der Waals surface area contributed by atoms with Crippen molar-refractivity contribution in [1.29, 1.82) is 0 Å². The number of ether oxygens (including phenoxy) is 5. The van der Waals surface area contributed by atoms with Crippen molar-refractivity contribution in [2.75, 3.05) is 13.2 Å². The van der Waals surface area contributed by atoms with Crippen LogP contribution in [0.1, 0.15) is 66.7 Å². The van der Waals surface area contributed by atoms with E-state index in [1.54, 1.807) is 0 Å². The van der Waals surface area contributed by atoms with E-state index in [0.29, 0.717) is 0 Å². The lowest BCUT2D eigenvalue weighted by molar-refractivity contribution is -0.313. The zero-order valence-electron chi connectivity index (χ0n) is 35.7. The molecule has 0 aromatic rings. The number of carboxylic acids is 3. The predicted octanol–water partition coefficient (Wildman–Crippen LogP) is -6.14. The molecule has 16 atom stereocenters. The van der Waals surface area contributed by atoms with Crippen LogP contribution in [0, 0.1) is 0 Å². The SMILES string of the molecule is CC(=O)N[C@H]1[C@H](O[C@H]2[C@H](OC(C)C(=O)NC(C)C(=O)NC(CCC(=O)O)C(=O)NC(CCCC(N)C(=O)NC(C)C(=O)O)C(=O)O)[C@@H](NC(C)=O)[C@@H]3OC[C@@H]2O3)O[C@H](CO)[C@@H](O)[C@@H]1O. The summed E-state index contributed by atoms with van der Waals surface area (Å²) in [6.07, 6.45) is -13.9. The van der Waals surface area contributed by atoms with Gasteiger partial charge in [-0.05, 0) is 46.5 Å². The second-order valence-electron chi connectivity index (χ2n) is 15.6. The fraction of sp³-hybridized carbons (Fsp3) is 0.757. The van der Waals surface area contributed by atoms with Gasteiger partial charge in [0.05, 0.1) is 19.3 Å². The molecule has 0 radical (unpaired) electrons. The topological polar surface area (TPSA) is 419 Å². The van der Waals surface area contributed by atoms with E-state index < -0.39 is 170 Å². The molecule has 27 nitrogen and oxygen atoms in total. The van der Waals surface area contributed by atoms with Gasteiger partial charge in [0.25, 0.3) is 0 Å². The van der Waals surface area contributed by atoms with Crippen molar-refractivity contribution in [3.05, 3.63) is 0 Å². The minimum Gasteiger partial charge on any atom is -0.481 e. The van der Waals surface area contributed by atoms with Crippen LogP contribution in [0.25, 0.3) is 0 Å². The molecule has 3 saturated heterocycles. The Balaban J connectivity index is 1.72. The molecule has 0 aromatic carbocycles. The molecule has 0 aromatic heterocycles. The van der Waals surface area contributed by atoms with Crippen molar-refractivity contribution in [1.82, 2.24) is 31.9 Å². The van der Waals surface area contributed by atoms with Crippen molar-refractivity contribution in [3.8, 4) is 0 Å². The number of rotatable bonds is 24. The minimum atomic E-state index is -1.69. The maximum Gasteiger partial charge on any atom is 0.326 e. The van der Waals surface area contributed by atoms with Crippen LogP contribution < -0.4 is 37.6 Å². The lowest BCUT2D eigenvalue weighted by Crippen LogP contribution is -2.68. The fourth-order valence-electron chi connectivity index (χ4n) is 6.94. The highest BCUT2D eigenvalue weighted by atomic mass is 16.8. The Morgan fingerprint density at radius 3 is 1.89 bits per heavy atom. The zero-order chi connectivity index (χ0) is 48.2. The number of nitrogens with one attached hydrogen (secondary N) is 6. The average Bonchev–Trinajstić information content (AvgIpc) is 3.66. The second-order valence-corrected chi connectivity index (χ2v) is 15.6. The van der Waals surface area contributed by atoms with Crippen molar-refractivity contribution in [3.63, 3.8) is 0 Å². The first-order valence-corrected chi connectivity index (χ1v) is 20.3. The highest BCUT2D eigenvalue weighted by molar-refractivity contribution is 5.94. The molecule has 14 N–H and O–H groups in total. The average molecular weight is 922 g/mol. The molecule has 6 unspecified atom stereocenters. The third-order valence-electron chi connectivity index (χ3n) is 10.4. The third-order valence-corrected chi connectivity index (χ3v) is 10.4. The van der Waals surface area contributed by atoms with Gasteiger partial charge in [-0.3, -0.25) is 38.4 Å². The Morgan fingerprint density at radius 2 is 1.31 bits per heavy atom. The van der Waals surface area contributed by atoms with E-state index in [9.17, 15) is 68.7 Å². The number of nitrogens with two attached hydrogens (primary N) is 1. The lowest BCUT2D eigenvalue weighted by Gasteiger charge is -2.47. The second kappa shape index (κ2) is 24.2. The molecule has 362 valence electrons. The molecule has 64 heavy (non-hydrogen) atoms. The van der Waals surface area contributed by atoms with Crippen molar-refractivity contribution >= 4 is 53.4 Å². The molecule has 27 heteroatoms. The van der Waals surface area contributed by atoms with E-state index in [2.05, 4.69) is 31.9 Å². The Labute approximate surface area is 365 Å². The Bertz CT molecular complexity index is 1710. The Kier molecular flexibility index (Phi) is 20.2. The summed E-state index contributed by atoms with van der Waals surface area (Å²) in [4.78, 5) is 111. The number of aliphatic hydroxyl groups is 3. The number of hydrogen-bond donors (Lipinski definition) is 13. The summed E-state index contributed by atoms with van der Waals surface area (Å²) in [6, 6.07) is -9.64. The first-order valence-electron chi connectivity index (χ1n) is 20.3. The number of fused-ring (bicyclic) bond motifs is 2. The molecule has 2 bridgehead atoms. The lowest BCUT2D eigenvalue weighted by atomic mass is 9.95. The van der Waals surface area contributed by atoms with E-state index in [4.69, 9.17) is 34.5 Å². The van der Waals surface area contributed by atoms with Gasteiger partial charge in [-0.1, -0.05) is 0 Å². The van der Waals surface area contributed by atoms with Crippen molar-refractivity contribution in [2.24, 2.45) is 5.73 Å². The van der Waals surface area contributed by atoms with Gasteiger partial charge in [-0.2, -0.15) is 0 Å². The highest BCUT2D eigenvalue weighted by Crippen LogP contribution is 2.35. The van der Waals surface area contributed by atoms with Crippen LogP contribution in [0.4, 0.5) is 0 Å². The Hall–Kier alpha value is -5.13. The van der Waals surface area contributed by atoms with Crippen LogP contribution in [-0.2, 0) is 66.8 Å². The van der Waals surface area contributed by atoms with Crippen molar-refractivity contribution in [2.45, 2.75) is 164 Å². The summed E-state index contributed by atoms with van der Waals surface area (Å²) in [6.45, 7) is 5.15. The summed E-state index contributed by atoms with van der Waals surface area (Å²) < 4.78 is 29.7. The van der Waals surface area contributed by atoms with Gasteiger partial charge in [0.2, 0.25) is 35.4 Å². The third kappa shape index (κ3) is 15.0. The summed E-state index contributed by atoms with van der Waals surface area (Å²) in [7, 11) is 0. The largest absolute Gasteiger partial charge is 0.481 e.